The molecule has 0 bridgehead atoms. The summed E-state index contributed by atoms with van der Waals surface area (Å²) in [6.07, 6.45) is -4.53. The maximum Gasteiger partial charge on any atom is 0.416 e. The number of halogens is 3. The maximum absolute atomic E-state index is 12.5. The summed E-state index contributed by atoms with van der Waals surface area (Å²) in [4.78, 5) is 0. The number of nitrogens with one attached hydrogen (secondary N) is 1. The predicted molar refractivity (Wildman–Crippen MR) is 65.7 cm³/mol. The number of alkyl halides is 3. The molecule has 0 aromatic heterocycles. The Kier molecular flexibility index (Phi) is 5.19. The van der Waals surface area contributed by atoms with Gasteiger partial charge in [-0.15, -0.1) is 0 Å². The van der Waals surface area contributed by atoms with Crippen LogP contribution in [0.2, 0.25) is 0 Å². The second-order valence-electron chi connectivity index (χ2n) is 4.02. The van der Waals surface area contributed by atoms with Crippen LogP contribution < -0.4 is 5.32 Å². The third-order valence-electron chi connectivity index (χ3n) is 2.50. The molecule has 0 fully saturated rings. The normalized spacial score (nSPS) is 12.8. The standard InChI is InChI=1S/C13H15F3N2O/c1-3-19-9(2)8-18-12-5-4-11(13(14,15)16)6-10(12)7-17/h4-6,9,18H,3,8H2,1-2H3. The Bertz CT molecular complexity index is 466. The molecule has 1 aromatic rings. The van der Waals surface area contributed by atoms with Gasteiger partial charge in [0, 0.05) is 13.2 Å². The summed E-state index contributed by atoms with van der Waals surface area (Å²) in [7, 11) is 0. The fourth-order valence-corrected chi connectivity index (χ4v) is 1.56. The summed E-state index contributed by atoms with van der Waals surface area (Å²) in [5, 5.41) is 11.8. The van der Waals surface area contributed by atoms with E-state index in [0.717, 1.165) is 12.1 Å². The number of anilines is 1. The first-order valence-electron chi connectivity index (χ1n) is 5.85. The molecule has 0 spiro atoms. The summed E-state index contributed by atoms with van der Waals surface area (Å²) in [5.74, 6) is 0. The van der Waals surface area contributed by atoms with Gasteiger partial charge < -0.3 is 10.1 Å². The van der Waals surface area contributed by atoms with Gasteiger partial charge in [-0.25, -0.2) is 0 Å². The number of hydrogen-bond acceptors (Lipinski definition) is 3. The zero-order valence-electron chi connectivity index (χ0n) is 10.7. The molecule has 0 saturated carbocycles. The smallest absolute Gasteiger partial charge is 0.381 e. The molecule has 1 atom stereocenters. The molecule has 0 amide bonds. The zero-order valence-corrected chi connectivity index (χ0v) is 10.7. The molecular formula is C13H15F3N2O. The van der Waals surface area contributed by atoms with Crippen LogP contribution in [-0.2, 0) is 10.9 Å². The molecule has 104 valence electrons. The molecule has 0 aliphatic carbocycles. The number of ether oxygens (including phenoxy) is 1. The van der Waals surface area contributed by atoms with Crippen molar-refractivity contribution in [2.45, 2.75) is 26.1 Å². The lowest BCUT2D eigenvalue weighted by Crippen LogP contribution is -2.20. The van der Waals surface area contributed by atoms with Gasteiger partial charge in [0.25, 0.3) is 0 Å². The lowest BCUT2D eigenvalue weighted by Gasteiger charge is -2.15. The number of hydrogen-bond donors (Lipinski definition) is 1. The Hall–Kier alpha value is -1.74. The van der Waals surface area contributed by atoms with E-state index in [1.807, 2.05) is 13.8 Å². The third kappa shape index (κ3) is 4.45. The van der Waals surface area contributed by atoms with Crippen LogP contribution in [0, 0.1) is 11.3 Å². The molecule has 0 radical (unpaired) electrons. The Labute approximate surface area is 110 Å². The SMILES string of the molecule is CCOC(C)CNc1ccc(C(F)(F)F)cc1C#N. The first kappa shape index (κ1) is 15.3. The Morgan fingerprint density at radius 3 is 2.63 bits per heavy atom. The number of nitrogens with zero attached hydrogens (tertiary/aromatic N) is 1. The first-order chi connectivity index (χ1) is 8.88. The van der Waals surface area contributed by atoms with E-state index in [1.54, 1.807) is 6.07 Å². The first-order valence-corrected chi connectivity index (χ1v) is 5.85. The van der Waals surface area contributed by atoms with E-state index in [0.29, 0.717) is 18.8 Å². The summed E-state index contributed by atoms with van der Waals surface area (Å²) in [6.45, 7) is 4.68. The summed E-state index contributed by atoms with van der Waals surface area (Å²) in [5.41, 5.74) is -0.479. The lowest BCUT2D eigenvalue weighted by atomic mass is 10.1. The van der Waals surface area contributed by atoms with Gasteiger partial charge in [-0.3, -0.25) is 0 Å². The van der Waals surface area contributed by atoms with Crippen LogP contribution in [0.5, 0.6) is 0 Å². The van der Waals surface area contributed by atoms with Crippen molar-refractivity contribution in [2.75, 3.05) is 18.5 Å². The van der Waals surface area contributed by atoms with Gasteiger partial charge in [0.1, 0.15) is 6.07 Å². The van der Waals surface area contributed by atoms with Gasteiger partial charge in [-0.1, -0.05) is 0 Å². The van der Waals surface area contributed by atoms with Crippen LogP contribution in [0.1, 0.15) is 25.0 Å². The molecule has 19 heavy (non-hydrogen) atoms. The molecule has 0 saturated heterocycles. The quantitative estimate of drug-likeness (QED) is 0.893. The molecule has 1 N–H and O–H groups in total. The molecule has 6 heteroatoms. The van der Waals surface area contributed by atoms with Crippen molar-refractivity contribution in [3.05, 3.63) is 29.3 Å². The van der Waals surface area contributed by atoms with Crippen LogP contribution in [0.15, 0.2) is 18.2 Å². The van der Waals surface area contributed by atoms with E-state index in [4.69, 9.17) is 10.00 Å². The summed E-state index contributed by atoms with van der Waals surface area (Å²) in [6, 6.07) is 4.82. The van der Waals surface area contributed by atoms with Crippen molar-refractivity contribution in [1.82, 2.24) is 0 Å². The number of nitriles is 1. The fraction of sp³-hybridized carbons (Fsp3) is 0.462. The van der Waals surface area contributed by atoms with E-state index in [-0.39, 0.29) is 11.7 Å². The van der Waals surface area contributed by atoms with Crippen LogP contribution in [0.25, 0.3) is 0 Å². The van der Waals surface area contributed by atoms with Crippen LogP contribution in [0.3, 0.4) is 0 Å². The summed E-state index contributed by atoms with van der Waals surface area (Å²) < 4.78 is 42.8. The zero-order chi connectivity index (χ0) is 14.5. The molecule has 3 nitrogen and oxygen atoms in total. The fourth-order valence-electron chi connectivity index (χ4n) is 1.56. The van der Waals surface area contributed by atoms with Crippen LogP contribution in [-0.4, -0.2) is 19.3 Å². The van der Waals surface area contributed by atoms with Crippen molar-refractivity contribution < 1.29 is 17.9 Å². The average Bonchev–Trinajstić information content (AvgIpc) is 2.35. The highest BCUT2D eigenvalue weighted by molar-refractivity contribution is 5.59. The van der Waals surface area contributed by atoms with Crippen molar-refractivity contribution in [1.29, 1.82) is 5.26 Å². The van der Waals surface area contributed by atoms with Gasteiger partial charge in [-0.2, -0.15) is 18.4 Å². The highest BCUT2D eigenvalue weighted by Gasteiger charge is 2.31. The monoisotopic (exact) mass is 272 g/mol. The molecule has 1 aromatic carbocycles. The molecule has 1 unspecified atom stereocenters. The van der Waals surface area contributed by atoms with Gasteiger partial charge >= 0.3 is 6.18 Å². The third-order valence-corrected chi connectivity index (χ3v) is 2.50. The van der Waals surface area contributed by atoms with Crippen molar-refractivity contribution >= 4 is 5.69 Å². The van der Waals surface area contributed by atoms with E-state index < -0.39 is 11.7 Å². The minimum atomic E-state index is -4.44. The van der Waals surface area contributed by atoms with Gasteiger partial charge in [-0.05, 0) is 32.0 Å². The van der Waals surface area contributed by atoms with Crippen molar-refractivity contribution in [3.8, 4) is 6.07 Å². The van der Waals surface area contributed by atoms with Crippen LogP contribution >= 0.6 is 0 Å². The van der Waals surface area contributed by atoms with Gasteiger partial charge in [0.15, 0.2) is 0 Å². The second-order valence-corrected chi connectivity index (χ2v) is 4.02. The van der Waals surface area contributed by atoms with Gasteiger partial charge in [0.2, 0.25) is 0 Å². The summed E-state index contributed by atoms with van der Waals surface area (Å²) >= 11 is 0. The van der Waals surface area contributed by atoms with E-state index in [9.17, 15) is 13.2 Å². The van der Waals surface area contributed by atoms with E-state index >= 15 is 0 Å². The minimum absolute atomic E-state index is 0.0291. The second kappa shape index (κ2) is 6.43. The Morgan fingerprint density at radius 2 is 2.11 bits per heavy atom. The molecular weight excluding hydrogens is 257 g/mol. The van der Waals surface area contributed by atoms with E-state index in [2.05, 4.69) is 5.32 Å². The van der Waals surface area contributed by atoms with E-state index in [1.165, 1.54) is 6.07 Å². The minimum Gasteiger partial charge on any atom is -0.381 e. The predicted octanol–water partition coefficient (Wildman–Crippen LogP) is 3.41. The van der Waals surface area contributed by atoms with Crippen LogP contribution in [0.4, 0.5) is 18.9 Å². The highest BCUT2D eigenvalue weighted by Crippen LogP contribution is 2.31. The largest absolute Gasteiger partial charge is 0.416 e. The lowest BCUT2D eigenvalue weighted by molar-refractivity contribution is -0.137. The molecule has 0 aliphatic heterocycles. The van der Waals surface area contributed by atoms with Gasteiger partial charge in [0.05, 0.1) is 22.9 Å². The number of benzene rings is 1. The molecule has 0 aliphatic rings. The maximum atomic E-state index is 12.5. The molecule has 0 heterocycles. The Morgan fingerprint density at radius 1 is 1.42 bits per heavy atom. The molecule has 1 rings (SSSR count). The van der Waals surface area contributed by atoms with Crippen molar-refractivity contribution in [2.24, 2.45) is 0 Å². The van der Waals surface area contributed by atoms with Crippen molar-refractivity contribution in [3.63, 3.8) is 0 Å². The average molecular weight is 272 g/mol. The number of rotatable bonds is 5. The highest BCUT2D eigenvalue weighted by atomic mass is 19.4. The Balaban J connectivity index is 2.83. The topological polar surface area (TPSA) is 45.0 Å².